The van der Waals surface area contributed by atoms with E-state index in [-0.39, 0.29) is 20.4 Å². The van der Waals surface area contributed by atoms with Crippen molar-refractivity contribution in [1.29, 1.82) is 0 Å². The van der Waals surface area contributed by atoms with E-state index in [1.54, 1.807) is 10.9 Å². The van der Waals surface area contributed by atoms with Gasteiger partial charge < -0.3 is 13.7 Å². The van der Waals surface area contributed by atoms with Gasteiger partial charge in [0.15, 0.2) is 0 Å². The fraction of sp³-hybridized carbons (Fsp3) is 0. The van der Waals surface area contributed by atoms with Crippen LogP contribution in [-0.4, -0.2) is 23.7 Å². The molecule has 0 saturated heterocycles. The van der Waals surface area contributed by atoms with Gasteiger partial charge >= 0.3 is 20.4 Å². The molecule has 0 aliphatic carbocycles. The Balaban J connectivity index is 0.00000278. The van der Waals surface area contributed by atoms with Crippen molar-refractivity contribution in [3.63, 3.8) is 0 Å². The molecule has 0 amide bonds. The standard InChI is InChI=1S/C36H21N5O.Pd/c1-2-8-24(9-3-1)41-32-13-5-4-12-30(32)34-33(41)17-16-29-28-15-14-27(23-31(28)36-37-19-21-39(36)35(29)34)42-26-11-6-10-25(22-26)40-20-7-18-38-40;/h1-21H;/q-2;+2. The van der Waals surface area contributed by atoms with Gasteiger partial charge in [0.25, 0.3) is 0 Å². The SMILES string of the molecule is [Pd+2].[c-]1c(Oc2[c-]c3c(cc2)c2ccc4c(c5ccccc5n4-c4ccccc4)c2n2ccnc32)cccc1-n1cccn1. The Morgan fingerprint density at radius 1 is 0.628 bits per heavy atom. The number of hydrogen-bond acceptors (Lipinski definition) is 3. The molecule has 4 aromatic heterocycles. The number of imidazole rings is 1. The molecule has 9 rings (SSSR count). The van der Waals surface area contributed by atoms with E-state index in [2.05, 4.69) is 99.0 Å². The van der Waals surface area contributed by atoms with E-state index in [0.717, 1.165) is 44.2 Å². The van der Waals surface area contributed by atoms with E-state index in [1.165, 1.54) is 16.3 Å². The van der Waals surface area contributed by atoms with Crippen LogP contribution in [0.4, 0.5) is 0 Å². The molecule has 0 aliphatic heterocycles. The number of ether oxygens (including phenoxy) is 1. The van der Waals surface area contributed by atoms with Crippen molar-refractivity contribution < 1.29 is 25.2 Å². The summed E-state index contributed by atoms with van der Waals surface area (Å²) in [5, 5.41) is 9.81. The summed E-state index contributed by atoms with van der Waals surface area (Å²) >= 11 is 0. The Kier molecular flexibility index (Phi) is 5.90. The van der Waals surface area contributed by atoms with Crippen molar-refractivity contribution in [3.8, 4) is 22.9 Å². The number of fused-ring (bicyclic) bond motifs is 10. The van der Waals surface area contributed by atoms with Crippen molar-refractivity contribution in [3.05, 3.63) is 140 Å². The molecule has 4 heterocycles. The summed E-state index contributed by atoms with van der Waals surface area (Å²) < 4.78 is 12.5. The Morgan fingerprint density at radius 2 is 1.47 bits per heavy atom. The average molecular weight is 646 g/mol. The number of aromatic nitrogens is 5. The maximum Gasteiger partial charge on any atom is 2.00 e. The second-order valence-corrected chi connectivity index (χ2v) is 10.2. The molecule has 7 heteroatoms. The van der Waals surface area contributed by atoms with Crippen LogP contribution in [0, 0.1) is 12.1 Å². The van der Waals surface area contributed by atoms with Crippen molar-refractivity contribution in [2.75, 3.05) is 0 Å². The third-order valence-electron chi connectivity index (χ3n) is 7.86. The summed E-state index contributed by atoms with van der Waals surface area (Å²) in [6.45, 7) is 0. The molecule has 43 heavy (non-hydrogen) atoms. The second-order valence-electron chi connectivity index (χ2n) is 10.2. The summed E-state index contributed by atoms with van der Waals surface area (Å²) in [6.07, 6.45) is 7.51. The number of para-hydroxylation sites is 2. The number of rotatable bonds is 4. The first kappa shape index (κ1) is 25.5. The van der Waals surface area contributed by atoms with Crippen LogP contribution in [0.3, 0.4) is 0 Å². The molecule has 0 fully saturated rings. The zero-order valence-corrected chi connectivity index (χ0v) is 24.1. The second kappa shape index (κ2) is 9.95. The van der Waals surface area contributed by atoms with Gasteiger partial charge in [0.2, 0.25) is 0 Å². The summed E-state index contributed by atoms with van der Waals surface area (Å²) in [6, 6.07) is 42.1. The average Bonchev–Trinajstić information content (AvgIpc) is 3.81. The van der Waals surface area contributed by atoms with Crippen LogP contribution in [0.5, 0.6) is 11.5 Å². The monoisotopic (exact) mass is 645 g/mol. The minimum absolute atomic E-state index is 0. The van der Waals surface area contributed by atoms with E-state index >= 15 is 0 Å². The van der Waals surface area contributed by atoms with Gasteiger partial charge in [-0.15, -0.1) is 30.3 Å². The molecule has 206 valence electrons. The van der Waals surface area contributed by atoms with E-state index in [4.69, 9.17) is 9.72 Å². The van der Waals surface area contributed by atoms with Gasteiger partial charge in [-0.1, -0.05) is 59.3 Å². The summed E-state index contributed by atoms with van der Waals surface area (Å²) in [4.78, 5) is 4.79. The summed E-state index contributed by atoms with van der Waals surface area (Å²) in [5.74, 6) is 1.19. The van der Waals surface area contributed by atoms with Gasteiger partial charge in [0.1, 0.15) is 0 Å². The Hall–Kier alpha value is -5.22. The predicted octanol–water partition coefficient (Wildman–Crippen LogP) is 8.31. The molecular weight excluding hydrogens is 625 g/mol. The maximum absolute atomic E-state index is 6.25. The van der Waals surface area contributed by atoms with Crippen LogP contribution in [0.1, 0.15) is 0 Å². The van der Waals surface area contributed by atoms with Crippen molar-refractivity contribution in [2.24, 2.45) is 0 Å². The van der Waals surface area contributed by atoms with Gasteiger partial charge in [0, 0.05) is 58.3 Å². The van der Waals surface area contributed by atoms with Gasteiger partial charge in [-0.3, -0.25) is 9.67 Å². The van der Waals surface area contributed by atoms with Crippen LogP contribution < -0.4 is 4.74 Å². The minimum atomic E-state index is 0. The Labute approximate surface area is 260 Å². The zero-order chi connectivity index (χ0) is 27.6. The molecule has 0 spiro atoms. The zero-order valence-electron chi connectivity index (χ0n) is 22.6. The molecule has 0 unspecified atom stereocenters. The molecule has 0 atom stereocenters. The Bertz CT molecular complexity index is 2440. The maximum atomic E-state index is 6.25. The van der Waals surface area contributed by atoms with Gasteiger partial charge in [-0.2, -0.15) is 11.2 Å². The van der Waals surface area contributed by atoms with Crippen LogP contribution in [-0.2, 0) is 20.4 Å². The Morgan fingerprint density at radius 3 is 2.35 bits per heavy atom. The van der Waals surface area contributed by atoms with E-state index in [0.29, 0.717) is 11.5 Å². The molecule has 0 radical (unpaired) electrons. The fourth-order valence-corrected chi connectivity index (χ4v) is 6.13. The smallest absolute Gasteiger partial charge is 0.503 e. The molecule has 0 bridgehead atoms. The summed E-state index contributed by atoms with van der Waals surface area (Å²) in [5.41, 5.74) is 6.22. The van der Waals surface area contributed by atoms with Crippen molar-refractivity contribution in [2.45, 2.75) is 0 Å². The van der Waals surface area contributed by atoms with E-state index in [9.17, 15) is 0 Å². The first-order valence-electron chi connectivity index (χ1n) is 13.8. The molecule has 0 N–H and O–H groups in total. The molecule has 0 saturated carbocycles. The largest absolute Gasteiger partial charge is 2.00 e. The number of nitrogens with zero attached hydrogens (tertiary/aromatic N) is 5. The van der Waals surface area contributed by atoms with Crippen LogP contribution in [0.2, 0.25) is 0 Å². The third kappa shape index (κ3) is 3.90. The number of benzene rings is 5. The molecule has 9 aromatic rings. The van der Waals surface area contributed by atoms with E-state index in [1.807, 2.05) is 48.9 Å². The normalized spacial score (nSPS) is 11.5. The van der Waals surface area contributed by atoms with Crippen LogP contribution >= 0.6 is 0 Å². The fourth-order valence-electron chi connectivity index (χ4n) is 6.13. The topological polar surface area (TPSA) is 49.3 Å². The molecule has 5 aromatic carbocycles. The van der Waals surface area contributed by atoms with Gasteiger partial charge in [0.05, 0.1) is 16.7 Å². The first-order chi connectivity index (χ1) is 20.8. The van der Waals surface area contributed by atoms with Crippen molar-refractivity contribution >= 4 is 49.1 Å². The third-order valence-corrected chi connectivity index (χ3v) is 7.86. The van der Waals surface area contributed by atoms with Crippen LogP contribution in [0.25, 0.3) is 60.5 Å². The molecule has 6 nitrogen and oxygen atoms in total. The van der Waals surface area contributed by atoms with Gasteiger partial charge in [-0.05, 0) is 41.4 Å². The quantitative estimate of drug-likeness (QED) is 0.110. The molecular formula is C36H21N5OPd. The first-order valence-corrected chi connectivity index (χ1v) is 13.8. The minimum Gasteiger partial charge on any atom is -0.503 e. The van der Waals surface area contributed by atoms with Crippen LogP contribution in [0.15, 0.2) is 128 Å². The number of pyridine rings is 1. The predicted molar refractivity (Wildman–Crippen MR) is 166 cm³/mol. The van der Waals surface area contributed by atoms with E-state index < -0.39 is 0 Å². The molecule has 0 aliphatic rings. The van der Waals surface area contributed by atoms with Gasteiger partial charge in [-0.25, -0.2) is 0 Å². The van der Waals surface area contributed by atoms with Crippen molar-refractivity contribution in [1.82, 2.24) is 23.7 Å². The summed E-state index contributed by atoms with van der Waals surface area (Å²) in [7, 11) is 0. The number of hydrogen-bond donors (Lipinski definition) is 0.